The van der Waals surface area contributed by atoms with E-state index in [9.17, 15) is 0 Å². The fourth-order valence-electron chi connectivity index (χ4n) is 1.71. The van der Waals surface area contributed by atoms with E-state index in [1.165, 1.54) is 0 Å². The van der Waals surface area contributed by atoms with Crippen molar-refractivity contribution in [2.24, 2.45) is 5.73 Å². The van der Waals surface area contributed by atoms with E-state index in [4.69, 9.17) is 21.6 Å². The van der Waals surface area contributed by atoms with Gasteiger partial charge in [-0.15, -0.1) is 6.42 Å². The second-order valence-corrected chi connectivity index (χ2v) is 4.46. The van der Waals surface area contributed by atoms with Gasteiger partial charge in [0, 0.05) is 12.6 Å². The first kappa shape index (κ1) is 12.2. The Hall–Kier alpha value is -1.22. The molecule has 1 aromatic rings. The molecule has 1 unspecified atom stereocenters. The van der Waals surface area contributed by atoms with Gasteiger partial charge in [-0.1, -0.05) is 5.92 Å². The third-order valence-electron chi connectivity index (χ3n) is 2.54. The Bertz CT molecular complexity index is 457. The van der Waals surface area contributed by atoms with Crippen LogP contribution in [0.2, 0.25) is 0 Å². The zero-order valence-electron chi connectivity index (χ0n) is 9.20. The maximum Gasteiger partial charge on any atom is 0.231 e. The van der Waals surface area contributed by atoms with Gasteiger partial charge in [0.1, 0.15) is 0 Å². The van der Waals surface area contributed by atoms with Gasteiger partial charge in [-0.05, 0) is 33.6 Å². The summed E-state index contributed by atoms with van der Waals surface area (Å²) in [5, 5.41) is 3.18. The summed E-state index contributed by atoms with van der Waals surface area (Å²) in [6.45, 7) is 1.20. The van der Waals surface area contributed by atoms with Crippen molar-refractivity contribution in [1.82, 2.24) is 5.32 Å². The van der Waals surface area contributed by atoms with Crippen LogP contribution in [0.25, 0.3) is 0 Å². The molecule has 0 radical (unpaired) electrons. The number of halogens is 1. The van der Waals surface area contributed by atoms with E-state index >= 15 is 0 Å². The van der Waals surface area contributed by atoms with Crippen LogP contribution in [0, 0.1) is 12.3 Å². The Labute approximate surface area is 109 Å². The lowest BCUT2D eigenvalue weighted by atomic mass is 10.1. The van der Waals surface area contributed by atoms with Crippen LogP contribution in [0.1, 0.15) is 11.6 Å². The lowest BCUT2D eigenvalue weighted by Gasteiger charge is -2.16. The molecule has 1 heterocycles. The summed E-state index contributed by atoms with van der Waals surface area (Å²) in [5.74, 6) is 4.00. The predicted molar refractivity (Wildman–Crippen MR) is 68.9 cm³/mol. The van der Waals surface area contributed by atoms with E-state index in [0.717, 1.165) is 21.5 Å². The minimum atomic E-state index is 0.0110. The molecule has 0 saturated carbocycles. The number of rotatable bonds is 4. The Kier molecular flexibility index (Phi) is 3.89. The molecule has 0 amide bonds. The fraction of sp³-hybridized carbons (Fsp3) is 0.333. The van der Waals surface area contributed by atoms with Crippen molar-refractivity contribution in [1.29, 1.82) is 0 Å². The quantitative estimate of drug-likeness (QED) is 0.825. The second-order valence-electron chi connectivity index (χ2n) is 3.61. The van der Waals surface area contributed by atoms with Gasteiger partial charge in [0.25, 0.3) is 0 Å². The highest BCUT2D eigenvalue weighted by Gasteiger charge is 2.20. The van der Waals surface area contributed by atoms with Gasteiger partial charge < -0.3 is 15.2 Å². The molecule has 0 spiro atoms. The van der Waals surface area contributed by atoms with Crippen molar-refractivity contribution in [2.75, 3.05) is 19.9 Å². The fourth-order valence-corrected chi connectivity index (χ4v) is 2.28. The van der Waals surface area contributed by atoms with E-state index in [-0.39, 0.29) is 12.8 Å². The SMILES string of the molecule is C#CCNC(CN)c1cc(Br)c2c(c1)OCO2. The predicted octanol–water partition coefficient (Wildman–Crippen LogP) is 1.40. The Morgan fingerprint density at radius 2 is 2.35 bits per heavy atom. The summed E-state index contributed by atoms with van der Waals surface area (Å²) in [6.07, 6.45) is 5.22. The van der Waals surface area contributed by atoms with E-state index in [1.807, 2.05) is 12.1 Å². The number of benzene rings is 1. The van der Waals surface area contributed by atoms with Crippen molar-refractivity contribution >= 4 is 15.9 Å². The van der Waals surface area contributed by atoms with Crippen LogP contribution in [-0.2, 0) is 0 Å². The molecule has 1 aliphatic heterocycles. The van der Waals surface area contributed by atoms with Crippen molar-refractivity contribution in [3.05, 3.63) is 22.2 Å². The molecule has 0 saturated heterocycles. The molecule has 90 valence electrons. The van der Waals surface area contributed by atoms with E-state index in [0.29, 0.717) is 13.1 Å². The average Bonchev–Trinajstić information content (AvgIpc) is 2.79. The van der Waals surface area contributed by atoms with Crippen LogP contribution in [0.15, 0.2) is 16.6 Å². The van der Waals surface area contributed by atoms with Crippen molar-refractivity contribution in [2.45, 2.75) is 6.04 Å². The van der Waals surface area contributed by atoms with Gasteiger partial charge in [0.15, 0.2) is 11.5 Å². The second kappa shape index (κ2) is 5.41. The van der Waals surface area contributed by atoms with Crippen molar-refractivity contribution in [3.63, 3.8) is 0 Å². The summed E-state index contributed by atoms with van der Waals surface area (Å²) in [5.41, 5.74) is 6.75. The topological polar surface area (TPSA) is 56.5 Å². The van der Waals surface area contributed by atoms with Crippen LogP contribution >= 0.6 is 15.9 Å². The third kappa shape index (κ3) is 2.55. The molecule has 4 nitrogen and oxygen atoms in total. The highest BCUT2D eigenvalue weighted by molar-refractivity contribution is 9.10. The molecular weight excluding hydrogens is 284 g/mol. The number of terminal acetylenes is 1. The molecule has 0 aromatic heterocycles. The summed E-state index contributed by atoms with van der Waals surface area (Å²) in [6, 6.07) is 3.90. The number of hydrogen-bond acceptors (Lipinski definition) is 4. The third-order valence-corrected chi connectivity index (χ3v) is 3.13. The average molecular weight is 297 g/mol. The van der Waals surface area contributed by atoms with Gasteiger partial charge >= 0.3 is 0 Å². The van der Waals surface area contributed by atoms with Crippen LogP contribution < -0.4 is 20.5 Å². The highest BCUT2D eigenvalue weighted by atomic mass is 79.9. The molecule has 17 heavy (non-hydrogen) atoms. The van der Waals surface area contributed by atoms with Gasteiger partial charge in [-0.2, -0.15) is 0 Å². The standard InChI is InChI=1S/C12H13BrN2O2/c1-2-3-15-10(6-14)8-4-9(13)12-11(5-8)16-7-17-12/h1,4-5,10,15H,3,6-7,14H2. The highest BCUT2D eigenvalue weighted by Crippen LogP contribution is 2.41. The van der Waals surface area contributed by atoms with Gasteiger partial charge in [0.05, 0.1) is 11.0 Å². The first-order valence-electron chi connectivity index (χ1n) is 5.22. The number of ether oxygens (including phenoxy) is 2. The Balaban J connectivity index is 2.26. The van der Waals surface area contributed by atoms with Gasteiger partial charge in [-0.25, -0.2) is 0 Å². The van der Waals surface area contributed by atoms with E-state index in [2.05, 4.69) is 27.2 Å². The molecular formula is C12H13BrN2O2. The maximum atomic E-state index is 5.72. The zero-order chi connectivity index (χ0) is 12.3. The lowest BCUT2D eigenvalue weighted by Crippen LogP contribution is -2.28. The number of nitrogens with one attached hydrogen (secondary N) is 1. The molecule has 0 aliphatic carbocycles. The van der Waals surface area contributed by atoms with Gasteiger partial charge in [0.2, 0.25) is 6.79 Å². The Morgan fingerprint density at radius 3 is 3.06 bits per heavy atom. The minimum Gasteiger partial charge on any atom is -0.454 e. The van der Waals surface area contributed by atoms with Crippen LogP contribution in [-0.4, -0.2) is 19.9 Å². The summed E-state index contributed by atoms with van der Waals surface area (Å²) in [4.78, 5) is 0. The zero-order valence-corrected chi connectivity index (χ0v) is 10.8. The monoisotopic (exact) mass is 296 g/mol. The van der Waals surface area contributed by atoms with Crippen molar-refractivity contribution in [3.8, 4) is 23.8 Å². The van der Waals surface area contributed by atoms with Crippen LogP contribution in [0.4, 0.5) is 0 Å². The van der Waals surface area contributed by atoms with Crippen LogP contribution in [0.3, 0.4) is 0 Å². The van der Waals surface area contributed by atoms with Gasteiger partial charge in [-0.3, -0.25) is 5.32 Å². The minimum absolute atomic E-state index is 0.0110. The van der Waals surface area contributed by atoms with E-state index in [1.54, 1.807) is 0 Å². The molecule has 1 aromatic carbocycles. The summed E-state index contributed by atoms with van der Waals surface area (Å²) >= 11 is 3.45. The first-order valence-corrected chi connectivity index (χ1v) is 6.01. The summed E-state index contributed by atoms with van der Waals surface area (Å²) in [7, 11) is 0. The molecule has 1 aliphatic rings. The molecule has 5 heteroatoms. The normalized spacial score (nSPS) is 14.4. The van der Waals surface area contributed by atoms with Crippen LogP contribution in [0.5, 0.6) is 11.5 Å². The molecule has 2 rings (SSSR count). The first-order chi connectivity index (χ1) is 8.26. The number of nitrogens with two attached hydrogens (primary N) is 1. The largest absolute Gasteiger partial charge is 0.454 e. The Morgan fingerprint density at radius 1 is 1.53 bits per heavy atom. The van der Waals surface area contributed by atoms with E-state index < -0.39 is 0 Å². The molecule has 0 bridgehead atoms. The lowest BCUT2D eigenvalue weighted by molar-refractivity contribution is 0.173. The number of hydrogen-bond donors (Lipinski definition) is 2. The van der Waals surface area contributed by atoms with Crippen molar-refractivity contribution < 1.29 is 9.47 Å². The molecule has 0 fully saturated rings. The maximum absolute atomic E-state index is 5.72. The number of fused-ring (bicyclic) bond motifs is 1. The molecule has 1 atom stereocenters. The smallest absolute Gasteiger partial charge is 0.231 e. The molecule has 3 N–H and O–H groups in total. The summed E-state index contributed by atoms with van der Waals surface area (Å²) < 4.78 is 11.5.